The van der Waals surface area contributed by atoms with Gasteiger partial charge in [-0.15, -0.1) is 0 Å². The normalized spacial score (nSPS) is 24.5. The minimum Gasteiger partial charge on any atom is -0.355 e. The third kappa shape index (κ3) is 4.30. The van der Waals surface area contributed by atoms with Crippen LogP contribution in [0.3, 0.4) is 0 Å². The number of unbranched alkanes of at least 4 members (excludes halogenated alkanes) is 1. The Kier molecular flexibility index (Phi) is 5.43. The first kappa shape index (κ1) is 14.5. The molecule has 4 nitrogen and oxygen atoms in total. The van der Waals surface area contributed by atoms with Gasteiger partial charge in [0.25, 0.3) is 0 Å². The van der Waals surface area contributed by atoms with E-state index >= 15 is 0 Å². The maximum atomic E-state index is 11.7. The monoisotopic (exact) mass is 261 g/mol. The Morgan fingerprint density at radius 2 is 2.18 bits per heavy atom. The number of carbonyl (C=O) groups excluding carboxylic acids is 1. The average molecular weight is 261 g/mol. The van der Waals surface area contributed by atoms with E-state index in [0.29, 0.717) is 6.42 Å². The van der Waals surface area contributed by atoms with E-state index in [2.05, 4.69) is 12.2 Å². The number of sulfone groups is 1. The first-order valence-electron chi connectivity index (χ1n) is 6.46. The zero-order chi connectivity index (χ0) is 12.9. The summed E-state index contributed by atoms with van der Waals surface area (Å²) in [5.74, 6) is 0.249. The van der Waals surface area contributed by atoms with E-state index in [1.54, 1.807) is 0 Å². The molecule has 0 aliphatic carbocycles. The Balaban J connectivity index is 2.33. The van der Waals surface area contributed by atoms with Crippen LogP contribution in [-0.2, 0) is 14.6 Å². The number of carbonyl (C=O) groups is 1. The molecule has 2 atom stereocenters. The van der Waals surface area contributed by atoms with Gasteiger partial charge in [-0.2, -0.15) is 0 Å². The quantitative estimate of drug-likeness (QED) is 0.788. The zero-order valence-corrected chi connectivity index (χ0v) is 11.6. The van der Waals surface area contributed by atoms with Gasteiger partial charge in [0.15, 0.2) is 9.84 Å². The fraction of sp³-hybridized carbons (Fsp3) is 0.917. The van der Waals surface area contributed by atoms with Crippen LogP contribution < -0.4 is 5.32 Å². The summed E-state index contributed by atoms with van der Waals surface area (Å²) in [4.78, 5) is 11.7. The topological polar surface area (TPSA) is 63.2 Å². The lowest BCUT2D eigenvalue weighted by atomic mass is 10.0. The molecule has 5 heteroatoms. The Labute approximate surface area is 104 Å². The molecule has 0 radical (unpaired) electrons. The molecule has 0 saturated carbocycles. The lowest BCUT2D eigenvalue weighted by Gasteiger charge is -2.14. The minimum absolute atomic E-state index is 0.0134. The maximum absolute atomic E-state index is 11.7. The van der Waals surface area contributed by atoms with E-state index in [0.717, 1.165) is 25.7 Å². The highest BCUT2D eigenvalue weighted by atomic mass is 32.2. The summed E-state index contributed by atoms with van der Waals surface area (Å²) in [7, 11) is -2.94. The molecule has 0 aromatic heterocycles. The Bertz CT molecular complexity index is 351. The minimum atomic E-state index is -2.94. The van der Waals surface area contributed by atoms with Crippen molar-refractivity contribution >= 4 is 15.7 Å². The molecule has 100 valence electrons. The van der Waals surface area contributed by atoms with Gasteiger partial charge in [-0.3, -0.25) is 4.79 Å². The summed E-state index contributed by atoms with van der Waals surface area (Å²) >= 11 is 0. The van der Waals surface area contributed by atoms with Crippen LogP contribution in [0.2, 0.25) is 0 Å². The number of amides is 1. The smallest absolute Gasteiger partial charge is 0.222 e. The third-order valence-corrected chi connectivity index (χ3v) is 5.68. The van der Waals surface area contributed by atoms with Crippen LogP contribution in [0.15, 0.2) is 0 Å². The summed E-state index contributed by atoms with van der Waals surface area (Å²) in [5, 5.41) is 2.41. The van der Waals surface area contributed by atoms with Gasteiger partial charge >= 0.3 is 0 Å². The Morgan fingerprint density at radius 1 is 1.47 bits per heavy atom. The highest BCUT2D eigenvalue weighted by Gasteiger charge is 2.31. The van der Waals surface area contributed by atoms with Crippen molar-refractivity contribution in [2.75, 3.05) is 12.3 Å². The fourth-order valence-corrected chi connectivity index (χ4v) is 3.88. The summed E-state index contributed by atoms with van der Waals surface area (Å²) < 4.78 is 23.1. The summed E-state index contributed by atoms with van der Waals surface area (Å²) in [6.45, 7) is 4.28. The molecule has 0 aromatic rings. The van der Waals surface area contributed by atoms with Crippen molar-refractivity contribution < 1.29 is 13.2 Å². The van der Waals surface area contributed by atoms with E-state index in [1.165, 1.54) is 0 Å². The summed E-state index contributed by atoms with van der Waals surface area (Å²) in [5.41, 5.74) is 0. The van der Waals surface area contributed by atoms with Gasteiger partial charge in [-0.1, -0.05) is 26.7 Å². The second-order valence-corrected chi connectivity index (χ2v) is 7.32. The van der Waals surface area contributed by atoms with Crippen LogP contribution in [0.25, 0.3) is 0 Å². The highest BCUT2D eigenvalue weighted by molar-refractivity contribution is 7.92. The molecular weight excluding hydrogens is 238 g/mol. The molecule has 1 aliphatic heterocycles. The fourth-order valence-electron chi connectivity index (χ4n) is 2.12. The Morgan fingerprint density at radius 3 is 2.71 bits per heavy atom. The highest BCUT2D eigenvalue weighted by Crippen LogP contribution is 2.19. The number of rotatable bonds is 6. The van der Waals surface area contributed by atoms with Crippen LogP contribution in [0.4, 0.5) is 0 Å². The summed E-state index contributed by atoms with van der Waals surface area (Å²) in [6, 6.07) is 0. The van der Waals surface area contributed by atoms with Gasteiger partial charge < -0.3 is 5.32 Å². The molecule has 1 amide bonds. The average Bonchev–Trinajstić information content (AvgIpc) is 2.62. The van der Waals surface area contributed by atoms with Crippen molar-refractivity contribution in [1.82, 2.24) is 5.32 Å². The van der Waals surface area contributed by atoms with Gasteiger partial charge in [0.05, 0.1) is 11.0 Å². The van der Waals surface area contributed by atoms with Crippen LogP contribution in [0, 0.1) is 5.92 Å². The van der Waals surface area contributed by atoms with Crippen molar-refractivity contribution in [3.63, 3.8) is 0 Å². The van der Waals surface area contributed by atoms with E-state index < -0.39 is 9.84 Å². The standard InChI is InChI=1S/C12H23NO3S/c1-3-4-6-10(2)12(14)13-9-11-7-5-8-17(11,15)16/h10-11H,3-9H2,1-2H3,(H,13,14)/t10-,11-/m1/s1. The number of hydrogen-bond donors (Lipinski definition) is 1. The molecule has 1 fully saturated rings. The van der Waals surface area contributed by atoms with E-state index in [-0.39, 0.29) is 29.4 Å². The zero-order valence-electron chi connectivity index (χ0n) is 10.7. The molecular formula is C12H23NO3S. The molecule has 0 spiro atoms. The van der Waals surface area contributed by atoms with Gasteiger partial charge in [0.2, 0.25) is 5.91 Å². The van der Waals surface area contributed by atoms with Gasteiger partial charge in [0, 0.05) is 12.5 Å². The van der Waals surface area contributed by atoms with Crippen LogP contribution in [-0.4, -0.2) is 31.9 Å². The van der Waals surface area contributed by atoms with Crippen molar-refractivity contribution in [3.05, 3.63) is 0 Å². The summed E-state index contributed by atoms with van der Waals surface area (Å²) in [6.07, 6.45) is 4.41. The number of nitrogens with one attached hydrogen (secondary N) is 1. The van der Waals surface area contributed by atoms with Crippen molar-refractivity contribution in [2.24, 2.45) is 5.92 Å². The predicted octanol–water partition coefficient (Wildman–Crippen LogP) is 1.51. The van der Waals surface area contributed by atoms with Crippen molar-refractivity contribution in [2.45, 2.75) is 51.2 Å². The molecule has 0 unspecified atom stereocenters. The first-order chi connectivity index (χ1) is 7.97. The molecule has 1 N–H and O–H groups in total. The molecule has 1 rings (SSSR count). The molecule has 0 bridgehead atoms. The van der Waals surface area contributed by atoms with Gasteiger partial charge in [0.1, 0.15) is 0 Å². The molecule has 0 aromatic carbocycles. The molecule has 1 saturated heterocycles. The predicted molar refractivity (Wildman–Crippen MR) is 68.5 cm³/mol. The van der Waals surface area contributed by atoms with E-state index in [1.807, 2.05) is 6.92 Å². The lowest BCUT2D eigenvalue weighted by Crippen LogP contribution is -2.37. The van der Waals surface area contributed by atoms with E-state index in [9.17, 15) is 13.2 Å². The van der Waals surface area contributed by atoms with Crippen molar-refractivity contribution in [3.8, 4) is 0 Å². The van der Waals surface area contributed by atoms with Gasteiger partial charge in [-0.05, 0) is 19.3 Å². The SMILES string of the molecule is CCCC[C@@H](C)C(=O)NC[C@H]1CCCS1(=O)=O. The third-order valence-electron chi connectivity index (χ3n) is 3.41. The number of hydrogen-bond acceptors (Lipinski definition) is 3. The van der Waals surface area contributed by atoms with Crippen LogP contribution >= 0.6 is 0 Å². The van der Waals surface area contributed by atoms with Crippen molar-refractivity contribution in [1.29, 1.82) is 0 Å². The molecule has 1 heterocycles. The van der Waals surface area contributed by atoms with E-state index in [4.69, 9.17) is 0 Å². The largest absolute Gasteiger partial charge is 0.355 e. The maximum Gasteiger partial charge on any atom is 0.222 e. The lowest BCUT2D eigenvalue weighted by molar-refractivity contribution is -0.124. The molecule has 17 heavy (non-hydrogen) atoms. The second kappa shape index (κ2) is 6.38. The second-order valence-electron chi connectivity index (χ2n) is 4.92. The van der Waals surface area contributed by atoms with Gasteiger partial charge in [-0.25, -0.2) is 8.42 Å². The first-order valence-corrected chi connectivity index (χ1v) is 8.18. The van der Waals surface area contributed by atoms with Crippen LogP contribution in [0.1, 0.15) is 46.0 Å². The Hall–Kier alpha value is -0.580. The molecule has 1 aliphatic rings. The van der Waals surface area contributed by atoms with Crippen LogP contribution in [0.5, 0.6) is 0 Å².